The summed E-state index contributed by atoms with van der Waals surface area (Å²) in [5.41, 5.74) is 0.227. The lowest BCUT2D eigenvalue weighted by Crippen LogP contribution is -2.52. The maximum absolute atomic E-state index is 13.6. The van der Waals surface area contributed by atoms with Crippen LogP contribution < -0.4 is 4.74 Å². The molecule has 0 saturated carbocycles. The van der Waals surface area contributed by atoms with Crippen LogP contribution in [-0.4, -0.2) is 75.9 Å². The molecule has 0 aromatic heterocycles. The number of carbonyl (C=O) groups excluding carboxylic acids is 1. The van der Waals surface area contributed by atoms with Gasteiger partial charge in [0, 0.05) is 26.2 Å². The molecule has 2 aromatic carbocycles. The fraction of sp³-hybridized carbons (Fsp3) is 0.519. The number of ether oxygens (including phenoxy) is 3. The minimum absolute atomic E-state index is 0.000587. The van der Waals surface area contributed by atoms with E-state index in [9.17, 15) is 30.8 Å². The van der Waals surface area contributed by atoms with Crippen molar-refractivity contribution in [2.75, 3.05) is 39.9 Å². The topological polar surface area (TPSA) is 85.4 Å². The van der Waals surface area contributed by atoms with Gasteiger partial charge in [0.1, 0.15) is 11.6 Å². The van der Waals surface area contributed by atoms with Gasteiger partial charge in [-0.25, -0.2) is 17.6 Å². The fourth-order valence-corrected chi connectivity index (χ4v) is 6.68. The molecule has 1 unspecified atom stereocenters. The Labute approximate surface area is 230 Å². The van der Waals surface area contributed by atoms with Crippen LogP contribution in [0.25, 0.3) is 0 Å². The van der Waals surface area contributed by atoms with Crippen LogP contribution in [0, 0.1) is 11.2 Å². The zero-order chi connectivity index (χ0) is 29.0. The standard InChI is InChI=1S/C27H32F4N2O6S/c1-37-22-7-3-20(4-8-22)17-38-18-24(27(29,30)31)39-25(34)32-15-12-26(13-16-32)11-2-14-33(19-26)40(35,36)23-9-5-21(28)6-10-23/h3-10,24H,2,11-19H2,1H3. The van der Waals surface area contributed by atoms with E-state index in [0.29, 0.717) is 37.1 Å². The summed E-state index contributed by atoms with van der Waals surface area (Å²) in [6, 6.07) is 11.3. The summed E-state index contributed by atoms with van der Waals surface area (Å²) in [4.78, 5) is 13.9. The molecule has 220 valence electrons. The van der Waals surface area contributed by atoms with E-state index in [-0.39, 0.29) is 31.1 Å². The van der Waals surface area contributed by atoms with Gasteiger partial charge in [0.15, 0.2) is 0 Å². The zero-order valence-corrected chi connectivity index (χ0v) is 22.8. The Kier molecular flexibility index (Phi) is 9.26. The van der Waals surface area contributed by atoms with E-state index in [1.54, 1.807) is 24.3 Å². The summed E-state index contributed by atoms with van der Waals surface area (Å²) < 4.78 is 96.8. The van der Waals surface area contributed by atoms with E-state index in [1.807, 2.05) is 0 Å². The fourth-order valence-electron chi connectivity index (χ4n) is 5.09. The highest BCUT2D eigenvalue weighted by Gasteiger charge is 2.46. The Balaban J connectivity index is 1.31. The first-order valence-corrected chi connectivity index (χ1v) is 14.3. The van der Waals surface area contributed by atoms with Crippen LogP contribution in [0.3, 0.4) is 0 Å². The molecule has 13 heteroatoms. The molecule has 2 heterocycles. The monoisotopic (exact) mass is 588 g/mol. The zero-order valence-electron chi connectivity index (χ0n) is 22.0. The molecule has 2 aliphatic rings. The first-order valence-electron chi connectivity index (χ1n) is 12.9. The van der Waals surface area contributed by atoms with Crippen molar-refractivity contribution in [3.63, 3.8) is 0 Å². The van der Waals surface area contributed by atoms with Crippen LogP contribution >= 0.6 is 0 Å². The summed E-state index contributed by atoms with van der Waals surface area (Å²) in [5.74, 6) is 0.0643. The summed E-state index contributed by atoms with van der Waals surface area (Å²) in [6.45, 7) is -0.134. The maximum Gasteiger partial charge on any atom is 0.427 e. The number of sulfonamides is 1. The van der Waals surface area contributed by atoms with Crippen molar-refractivity contribution < 1.29 is 45.0 Å². The van der Waals surface area contributed by atoms with Gasteiger partial charge < -0.3 is 19.1 Å². The average Bonchev–Trinajstić information content (AvgIpc) is 2.93. The Hall–Kier alpha value is -2.90. The molecule has 8 nitrogen and oxygen atoms in total. The lowest BCUT2D eigenvalue weighted by atomic mass is 9.73. The molecule has 1 atom stereocenters. The number of likely N-dealkylation sites (tertiary alicyclic amines) is 1. The molecular weight excluding hydrogens is 556 g/mol. The molecule has 0 bridgehead atoms. The summed E-state index contributed by atoms with van der Waals surface area (Å²) in [5, 5.41) is 0. The van der Waals surface area contributed by atoms with Gasteiger partial charge in [0.25, 0.3) is 0 Å². The predicted octanol–water partition coefficient (Wildman–Crippen LogP) is 4.99. The van der Waals surface area contributed by atoms with Crippen molar-refractivity contribution in [1.82, 2.24) is 9.21 Å². The van der Waals surface area contributed by atoms with Gasteiger partial charge >= 0.3 is 12.3 Å². The first-order chi connectivity index (χ1) is 18.9. The van der Waals surface area contributed by atoms with Gasteiger partial charge in [-0.15, -0.1) is 0 Å². The molecular formula is C27H32F4N2O6S. The molecule has 1 amide bonds. The van der Waals surface area contributed by atoms with E-state index >= 15 is 0 Å². The number of piperidine rings is 2. The molecule has 1 spiro atoms. The highest BCUT2D eigenvalue weighted by atomic mass is 32.2. The van der Waals surface area contributed by atoms with Crippen LogP contribution in [0.15, 0.2) is 53.4 Å². The van der Waals surface area contributed by atoms with Crippen molar-refractivity contribution in [2.45, 2.75) is 49.5 Å². The Bertz CT molecular complexity index is 1250. The molecule has 0 N–H and O–H groups in total. The number of alkyl halides is 3. The largest absolute Gasteiger partial charge is 0.497 e. The van der Waals surface area contributed by atoms with Gasteiger partial charge in [-0.1, -0.05) is 12.1 Å². The third-order valence-corrected chi connectivity index (χ3v) is 9.32. The van der Waals surface area contributed by atoms with Crippen LogP contribution in [-0.2, 0) is 26.1 Å². The first kappa shape index (κ1) is 30.1. The van der Waals surface area contributed by atoms with Gasteiger partial charge in [0.05, 0.1) is 25.2 Å². The number of amides is 1. The van der Waals surface area contributed by atoms with Gasteiger partial charge in [0.2, 0.25) is 16.1 Å². The Morgan fingerprint density at radius 1 is 1.00 bits per heavy atom. The number of hydrogen-bond acceptors (Lipinski definition) is 6. The quantitative estimate of drug-likeness (QED) is 0.405. The molecule has 2 aliphatic heterocycles. The van der Waals surface area contributed by atoms with Gasteiger partial charge in [-0.05, 0) is 73.1 Å². The van der Waals surface area contributed by atoms with E-state index in [2.05, 4.69) is 0 Å². The predicted molar refractivity (Wildman–Crippen MR) is 137 cm³/mol. The lowest BCUT2D eigenvalue weighted by Gasteiger charge is -2.47. The molecule has 2 saturated heterocycles. The minimum atomic E-state index is -4.81. The van der Waals surface area contributed by atoms with E-state index in [4.69, 9.17) is 14.2 Å². The number of carbonyl (C=O) groups is 1. The van der Waals surface area contributed by atoms with Crippen molar-refractivity contribution in [3.05, 3.63) is 59.9 Å². The van der Waals surface area contributed by atoms with Crippen molar-refractivity contribution in [3.8, 4) is 5.75 Å². The van der Waals surface area contributed by atoms with Gasteiger partial charge in [-0.3, -0.25) is 0 Å². The van der Waals surface area contributed by atoms with Crippen LogP contribution in [0.5, 0.6) is 5.75 Å². The molecule has 40 heavy (non-hydrogen) atoms. The summed E-state index contributed by atoms with van der Waals surface area (Å²) >= 11 is 0. The van der Waals surface area contributed by atoms with Crippen LogP contribution in [0.1, 0.15) is 31.2 Å². The van der Waals surface area contributed by atoms with Crippen LogP contribution in [0.4, 0.5) is 22.4 Å². The van der Waals surface area contributed by atoms with Gasteiger partial charge in [-0.2, -0.15) is 17.5 Å². The second-order valence-electron chi connectivity index (χ2n) is 10.2. The smallest absolute Gasteiger partial charge is 0.427 e. The Morgan fingerprint density at radius 2 is 1.65 bits per heavy atom. The number of rotatable bonds is 8. The van der Waals surface area contributed by atoms with E-state index < -0.39 is 46.2 Å². The maximum atomic E-state index is 13.6. The third kappa shape index (κ3) is 7.24. The lowest BCUT2D eigenvalue weighted by molar-refractivity contribution is -0.220. The highest BCUT2D eigenvalue weighted by Crippen LogP contribution is 2.41. The molecule has 2 fully saturated rings. The Morgan fingerprint density at radius 3 is 2.25 bits per heavy atom. The average molecular weight is 589 g/mol. The number of methoxy groups -OCH3 is 1. The highest BCUT2D eigenvalue weighted by molar-refractivity contribution is 7.89. The number of hydrogen-bond donors (Lipinski definition) is 0. The second kappa shape index (κ2) is 12.3. The molecule has 4 rings (SSSR count). The van der Waals surface area contributed by atoms with E-state index in [1.165, 1.54) is 28.4 Å². The molecule has 2 aromatic rings. The minimum Gasteiger partial charge on any atom is -0.497 e. The summed E-state index contributed by atoms with van der Waals surface area (Å²) in [6.07, 6.45) is -6.16. The van der Waals surface area contributed by atoms with Crippen molar-refractivity contribution in [2.24, 2.45) is 5.41 Å². The van der Waals surface area contributed by atoms with Crippen LogP contribution in [0.2, 0.25) is 0 Å². The molecule has 0 radical (unpaired) electrons. The third-order valence-electron chi connectivity index (χ3n) is 7.47. The summed E-state index contributed by atoms with van der Waals surface area (Å²) in [7, 11) is -2.33. The van der Waals surface area contributed by atoms with Crippen molar-refractivity contribution in [1.29, 1.82) is 0 Å². The number of nitrogens with zero attached hydrogens (tertiary/aromatic N) is 2. The SMILES string of the molecule is COc1ccc(COCC(OC(=O)N2CCC3(CCCN(S(=O)(=O)c4ccc(F)cc4)C3)CC2)C(F)(F)F)cc1. The number of halogens is 4. The number of benzene rings is 2. The molecule has 0 aliphatic carbocycles. The second-order valence-corrected chi connectivity index (χ2v) is 12.1. The normalized spacial score (nSPS) is 18.9. The van der Waals surface area contributed by atoms with Crippen molar-refractivity contribution >= 4 is 16.1 Å². The van der Waals surface area contributed by atoms with E-state index in [0.717, 1.165) is 18.6 Å².